The number of carbonyl (C=O) groups excluding carboxylic acids is 1. The predicted octanol–water partition coefficient (Wildman–Crippen LogP) is 1.61. The zero-order valence-corrected chi connectivity index (χ0v) is 13.7. The van der Waals surface area contributed by atoms with E-state index in [0.717, 1.165) is 32.8 Å². The van der Waals surface area contributed by atoms with Crippen LogP contribution in [-0.2, 0) is 9.47 Å². The molecule has 0 unspecified atom stereocenters. The van der Waals surface area contributed by atoms with Crippen molar-refractivity contribution in [2.45, 2.75) is 0 Å². The fourth-order valence-corrected chi connectivity index (χ4v) is 2.14. The number of methoxy groups -OCH3 is 2. The molecule has 1 aliphatic heterocycles. The number of halogens is 1. The molecule has 0 aromatic heterocycles. The second kappa shape index (κ2) is 9.50. The summed E-state index contributed by atoms with van der Waals surface area (Å²) in [7, 11) is 2.93. The van der Waals surface area contributed by atoms with Gasteiger partial charge in [-0.1, -0.05) is 0 Å². The highest BCUT2D eigenvalue weighted by molar-refractivity contribution is 5.92. The van der Waals surface area contributed by atoms with E-state index in [1.165, 1.54) is 7.11 Å². The minimum Gasteiger partial charge on any atom is -0.497 e. The first-order valence-electron chi connectivity index (χ1n) is 6.94. The van der Waals surface area contributed by atoms with Crippen LogP contribution in [0.2, 0.25) is 0 Å². The lowest BCUT2D eigenvalue weighted by atomic mass is 10.2. The zero-order valence-electron chi connectivity index (χ0n) is 12.9. The Morgan fingerprint density at radius 1 is 1.27 bits per heavy atom. The molecule has 2 rings (SSSR count). The maximum Gasteiger partial charge on any atom is 0.341 e. The van der Waals surface area contributed by atoms with E-state index >= 15 is 0 Å². The average molecular weight is 332 g/mol. The van der Waals surface area contributed by atoms with Crippen LogP contribution in [0.15, 0.2) is 18.2 Å². The number of nitrogens with zero attached hydrogens (tertiary/aromatic N) is 1. The summed E-state index contributed by atoms with van der Waals surface area (Å²) >= 11 is 0. The third-order valence-corrected chi connectivity index (χ3v) is 3.36. The van der Waals surface area contributed by atoms with Gasteiger partial charge in [-0.05, 0) is 12.1 Å². The van der Waals surface area contributed by atoms with Gasteiger partial charge in [-0.3, -0.25) is 4.90 Å². The molecule has 0 spiro atoms. The first kappa shape index (κ1) is 18.5. The lowest BCUT2D eigenvalue weighted by molar-refractivity contribution is 0.0321. The summed E-state index contributed by atoms with van der Waals surface area (Å²) in [6.45, 7) is 4.62. The van der Waals surface area contributed by atoms with Crippen molar-refractivity contribution < 1.29 is 23.7 Å². The minimum atomic E-state index is -0.418. The molecule has 0 N–H and O–H groups in total. The van der Waals surface area contributed by atoms with Gasteiger partial charge < -0.3 is 18.9 Å². The third kappa shape index (κ3) is 5.05. The van der Waals surface area contributed by atoms with Gasteiger partial charge in [0.15, 0.2) is 0 Å². The molecule has 124 valence electrons. The summed E-state index contributed by atoms with van der Waals surface area (Å²) in [4.78, 5) is 14.0. The van der Waals surface area contributed by atoms with E-state index in [1.807, 2.05) is 0 Å². The molecule has 1 aliphatic rings. The van der Waals surface area contributed by atoms with Crippen molar-refractivity contribution in [1.82, 2.24) is 4.90 Å². The molecule has 22 heavy (non-hydrogen) atoms. The lowest BCUT2D eigenvalue weighted by Crippen LogP contribution is -2.38. The normalized spacial score (nSPS) is 14.8. The average Bonchev–Trinajstić information content (AvgIpc) is 2.55. The van der Waals surface area contributed by atoms with E-state index in [9.17, 15) is 4.79 Å². The number of morpholine rings is 1. The Kier molecular flexibility index (Phi) is 8.01. The van der Waals surface area contributed by atoms with E-state index < -0.39 is 5.97 Å². The van der Waals surface area contributed by atoms with Gasteiger partial charge in [0.1, 0.15) is 23.7 Å². The molecule has 7 heteroatoms. The van der Waals surface area contributed by atoms with Gasteiger partial charge >= 0.3 is 5.97 Å². The van der Waals surface area contributed by atoms with Gasteiger partial charge in [-0.25, -0.2) is 4.79 Å². The standard InChI is InChI=1S/C15H21NO5.ClH/c1-18-12-3-4-13(15(17)19-2)14(11-12)21-10-7-16-5-8-20-9-6-16;/h3-4,11H,5-10H2,1-2H3;1H. The second-order valence-corrected chi connectivity index (χ2v) is 4.66. The van der Waals surface area contributed by atoms with Crippen LogP contribution < -0.4 is 9.47 Å². The summed E-state index contributed by atoms with van der Waals surface area (Å²) in [5.74, 6) is 0.706. The van der Waals surface area contributed by atoms with Crippen LogP contribution in [0.25, 0.3) is 0 Å². The molecule has 6 nitrogen and oxygen atoms in total. The van der Waals surface area contributed by atoms with Gasteiger partial charge in [0.2, 0.25) is 0 Å². The van der Waals surface area contributed by atoms with Crippen molar-refractivity contribution in [3.8, 4) is 11.5 Å². The Morgan fingerprint density at radius 2 is 2.00 bits per heavy atom. The quantitative estimate of drug-likeness (QED) is 0.738. The van der Waals surface area contributed by atoms with E-state index in [0.29, 0.717) is 23.7 Å². The summed E-state index contributed by atoms with van der Waals surface area (Å²) in [6, 6.07) is 5.06. The molecule has 0 atom stereocenters. The minimum absolute atomic E-state index is 0. The predicted molar refractivity (Wildman–Crippen MR) is 84.3 cm³/mol. The van der Waals surface area contributed by atoms with E-state index in [1.54, 1.807) is 25.3 Å². The highest BCUT2D eigenvalue weighted by Gasteiger charge is 2.15. The molecule has 1 aromatic rings. The van der Waals surface area contributed by atoms with Crippen LogP contribution in [0.1, 0.15) is 10.4 Å². The molecular weight excluding hydrogens is 310 g/mol. The van der Waals surface area contributed by atoms with Crippen LogP contribution in [0.5, 0.6) is 11.5 Å². The van der Waals surface area contributed by atoms with Gasteiger partial charge in [-0.15, -0.1) is 12.4 Å². The molecule has 1 fully saturated rings. The summed E-state index contributed by atoms with van der Waals surface area (Å²) in [5.41, 5.74) is 0.403. The van der Waals surface area contributed by atoms with Crippen molar-refractivity contribution >= 4 is 18.4 Å². The zero-order chi connectivity index (χ0) is 15.1. The second-order valence-electron chi connectivity index (χ2n) is 4.66. The maximum atomic E-state index is 11.7. The largest absolute Gasteiger partial charge is 0.497 e. The van der Waals surface area contributed by atoms with E-state index in [2.05, 4.69) is 4.90 Å². The van der Waals surface area contributed by atoms with Gasteiger partial charge in [0, 0.05) is 25.7 Å². The number of carbonyl (C=O) groups is 1. The Labute approximate surface area is 136 Å². The molecule has 1 aromatic carbocycles. The third-order valence-electron chi connectivity index (χ3n) is 3.36. The van der Waals surface area contributed by atoms with Crippen LogP contribution >= 0.6 is 12.4 Å². The molecule has 0 radical (unpaired) electrons. The molecule has 1 heterocycles. The van der Waals surface area contributed by atoms with Crippen molar-refractivity contribution in [2.24, 2.45) is 0 Å². The molecule has 0 amide bonds. The molecule has 0 aliphatic carbocycles. The highest BCUT2D eigenvalue weighted by atomic mass is 35.5. The Morgan fingerprint density at radius 3 is 2.64 bits per heavy atom. The van der Waals surface area contributed by atoms with Gasteiger partial charge in [-0.2, -0.15) is 0 Å². The van der Waals surface area contributed by atoms with Crippen molar-refractivity contribution in [1.29, 1.82) is 0 Å². The molecule has 0 bridgehead atoms. The van der Waals surface area contributed by atoms with E-state index in [-0.39, 0.29) is 12.4 Å². The fraction of sp³-hybridized carbons (Fsp3) is 0.533. The van der Waals surface area contributed by atoms with Crippen LogP contribution in [0, 0.1) is 0 Å². The van der Waals surface area contributed by atoms with Crippen LogP contribution in [0.3, 0.4) is 0 Å². The number of hydrogen-bond acceptors (Lipinski definition) is 6. The fourth-order valence-electron chi connectivity index (χ4n) is 2.14. The number of rotatable bonds is 6. The highest BCUT2D eigenvalue weighted by Crippen LogP contribution is 2.25. The van der Waals surface area contributed by atoms with Gasteiger partial charge in [0.05, 0.1) is 27.4 Å². The summed E-state index contributed by atoms with van der Waals surface area (Å²) in [6.07, 6.45) is 0. The molecule has 0 saturated carbocycles. The first-order chi connectivity index (χ1) is 10.2. The van der Waals surface area contributed by atoms with E-state index in [4.69, 9.17) is 18.9 Å². The number of esters is 1. The smallest absolute Gasteiger partial charge is 0.341 e. The van der Waals surface area contributed by atoms with Crippen molar-refractivity contribution in [3.63, 3.8) is 0 Å². The van der Waals surface area contributed by atoms with Crippen LogP contribution in [0.4, 0.5) is 0 Å². The lowest BCUT2D eigenvalue weighted by Gasteiger charge is -2.26. The Bertz CT molecular complexity index is 477. The summed E-state index contributed by atoms with van der Waals surface area (Å²) < 4.78 is 21.0. The SMILES string of the molecule is COC(=O)c1ccc(OC)cc1OCCN1CCOCC1.Cl. The monoisotopic (exact) mass is 331 g/mol. The molecule has 1 saturated heterocycles. The van der Waals surface area contributed by atoms with Gasteiger partial charge in [0.25, 0.3) is 0 Å². The topological polar surface area (TPSA) is 57.2 Å². The Hall–Kier alpha value is -1.50. The number of hydrogen-bond donors (Lipinski definition) is 0. The molecular formula is C15H22ClNO5. The first-order valence-corrected chi connectivity index (χ1v) is 6.94. The Balaban J connectivity index is 0.00000242. The maximum absolute atomic E-state index is 11.7. The number of benzene rings is 1. The van der Waals surface area contributed by atoms with Crippen molar-refractivity contribution in [2.75, 3.05) is 53.7 Å². The van der Waals surface area contributed by atoms with Crippen LogP contribution in [-0.4, -0.2) is 64.5 Å². The number of ether oxygens (including phenoxy) is 4. The van der Waals surface area contributed by atoms with Crippen molar-refractivity contribution in [3.05, 3.63) is 23.8 Å². The summed E-state index contributed by atoms with van der Waals surface area (Å²) in [5, 5.41) is 0.